The number of rotatable bonds is 3. The maximum atomic E-state index is 2.23. The van der Waals surface area contributed by atoms with Gasteiger partial charge >= 0.3 is 0 Å². The van der Waals surface area contributed by atoms with Gasteiger partial charge in [-0.25, -0.2) is 0 Å². The van der Waals surface area contributed by atoms with Crippen molar-refractivity contribution < 1.29 is 0 Å². The van der Waals surface area contributed by atoms with Gasteiger partial charge in [-0.3, -0.25) is 0 Å². The van der Waals surface area contributed by atoms with Gasteiger partial charge in [0.2, 0.25) is 0 Å². The Labute approximate surface area is 65.7 Å². The first kappa shape index (κ1) is 15.9. The standard InChI is InChI=1S/C5H13B.2ClH/c1-2-3-4-5-6;;/h2-6H2,1H3;2*1H. The first-order valence-electron chi connectivity index (χ1n) is 2.91. The molecule has 0 nitrogen and oxygen atoms in total. The SMILES string of the molecule is BCCCCC.Cl.Cl. The van der Waals surface area contributed by atoms with Gasteiger partial charge in [0, 0.05) is 0 Å². The Bertz CT molecular complexity index is 22.4. The van der Waals surface area contributed by atoms with E-state index in [9.17, 15) is 0 Å². The summed E-state index contributed by atoms with van der Waals surface area (Å²) in [6.45, 7) is 2.23. The van der Waals surface area contributed by atoms with E-state index in [4.69, 9.17) is 0 Å². The normalized spacial score (nSPS) is 6.62. The second kappa shape index (κ2) is 15.6. The van der Waals surface area contributed by atoms with E-state index in [1.165, 1.54) is 25.6 Å². The molecule has 0 bridgehead atoms. The molecule has 0 aromatic heterocycles. The molecule has 0 aromatic rings. The molecule has 0 heterocycles. The van der Waals surface area contributed by atoms with Gasteiger partial charge in [0.25, 0.3) is 0 Å². The minimum atomic E-state index is 0. The van der Waals surface area contributed by atoms with E-state index in [1.54, 1.807) is 0 Å². The van der Waals surface area contributed by atoms with Crippen molar-refractivity contribution >= 4 is 32.7 Å². The van der Waals surface area contributed by atoms with Gasteiger partial charge < -0.3 is 0 Å². The third-order valence-corrected chi connectivity index (χ3v) is 0.957. The minimum Gasteiger partial charge on any atom is -0.147 e. The Morgan fingerprint density at radius 1 is 1.12 bits per heavy atom. The summed E-state index contributed by atoms with van der Waals surface area (Å²) in [4.78, 5) is 0. The average molecular weight is 157 g/mol. The summed E-state index contributed by atoms with van der Waals surface area (Å²) in [7, 11) is 2.23. The van der Waals surface area contributed by atoms with Gasteiger partial charge in [0.15, 0.2) is 0 Å². The van der Waals surface area contributed by atoms with Crippen LogP contribution in [0.4, 0.5) is 0 Å². The molecule has 0 N–H and O–H groups in total. The van der Waals surface area contributed by atoms with E-state index in [0.717, 1.165) is 0 Å². The van der Waals surface area contributed by atoms with Crippen LogP contribution in [0.3, 0.4) is 0 Å². The van der Waals surface area contributed by atoms with Crippen LogP contribution in [0.5, 0.6) is 0 Å². The molecule has 0 aromatic carbocycles. The van der Waals surface area contributed by atoms with Crippen LogP contribution in [0.1, 0.15) is 26.2 Å². The summed E-state index contributed by atoms with van der Waals surface area (Å²) in [5, 5.41) is 0. The van der Waals surface area contributed by atoms with Crippen LogP contribution in [-0.2, 0) is 0 Å². The zero-order chi connectivity index (χ0) is 4.83. The highest BCUT2D eigenvalue weighted by molar-refractivity contribution is 6.08. The van der Waals surface area contributed by atoms with Crippen LogP contribution >= 0.6 is 24.8 Å². The number of hydrogen-bond acceptors (Lipinski definition) is 0. The first-order chi connectivity index (χ1) is 2.91. The summed E-state index contributed by atoms with van der Waals surface area (Å²) < 4.78 is 0. The van der Waals surface area contributed by atoms with E-state index in [0.29, 0.717) is 0 Å². The molecule has 0 amide bonds. The fourth-order valence-electron chi connectivity index (χ4n) is 0.500. The Balaban J connectivity index is -0.000000125. The molecule has 0 aliphatic rings. The second-order valence-electron chi connectivity index (χ2n) is 1.71. The van der Waals surface area contributed by atoms with E-state index >= 15 is 0 Å². The number of hydrogen-bond donors (Lipinski definition) is 0. The maximum absolute atomic E-state index is 2.23. The summed E-state index contributed by atoms with van der Waals surface area (Å²) in [5.74, 6) is 0. The van der Waals surface area contributed by atoms with Gasteiger partial charge in [-0.2, -0.15) is 0 Å². The highest BCUT2D eigenvalue weighted by Gasteiger charge is 1.75. The molecule has 0 aliphatic carbocycles. The third-order valence-electron chi connectivity index (χ3n) is 0.957. The predicted molar refractivity (Wildman–Crippen MR) is 47.4 cm³/mol. The average Bonchev–Trinajstić information content (AvgIpc) is 1.61. The molecule has 0 saturated carbocycles. The molecule has 0 unspecified atom stereocenters. The Hall–Kier alpha value is 0.645. The van der Waals surface area contributed by atoms with Crippen molar-refractivity contribution in [2.24, 2.45) is 0 Å². The number of unbranched alkanes of at least 4 members (excludes halogenated alkanes) is 2. The van der Waals surface area contributed by atoms with Crippen molar-refractivity contribution in [2.75, 3.05) is 0 Å². The van der Waals surface area contributed by atoms with Gasteiger partial charge in [-0.1, -0.05) is 32.5 Å². The first-order valence-corrected chi connectivity index (χ1v) is 2.91. The smallest absolute Gasteiger partial charge is 0.101 e. The van der Waals surface area contributed by atoms with E-state index in [1.807, 2.05) is 0 Å². The topological polar surface area (TPSA) is 0 Å². The van der Waals surface area contributed by atoms with Crippen LogP contribution in [-0.4, -0.2) is 7.85 Å². The zero-order valence-corrected chi connectivity index (χ0v) is 7.28. The Morgan fingerprint density at radius 2 is 1.62 bits per heavy atom. The van der Waals surface area contributed by atoms with Crippen LogP contribution < -0.4 is 0 Å². The van der Waals surface area contributed by atoms with Gasteiger partial charge in [0.05, 0.1) is 0 Å². The molecule has 0 spiro atoms. The third kappa shape index (κ3) is 15.9. The van der Waals surface area contributed by atoms with Gasteiger partial charge in [0.1, 0.15) is 7.85 Å². The summed E-state index contributed by atoms with van der Waals surface area (Å²) in [6.07, 6.45) is 5.54. The largest absolute Gasteiger partial charge is 0.147 e. The molecule has 8 heavy (non-hydrogen) atoms. The molecular weight excluding hydrogens is 142 g/mol. The molecule has 0 rings (SSSR count). The minimum absolute atomic E-state index is 0. The van der Waals surface area contributed by atoms with Crippen molar-refractivity contribution in [2.45, 2.75) is 32.5 Å². The van der Waals surface area contributed by atoms with Crippen molar-refractivity contribution in [1.29, 1.82) is 0 Å². The molecule has 0 saturated heterocycles. The second-order valence-corrected chi connectivity index (χ2v) is 1.71. The van der Waals surface area contributed by atoms with Crippen molar-refractivity contribution in [1.82, 2.24) is 0 Å². The lowest BCUT2D eigenvalue weighted by atomic mass is 10.00. The molecule has 0 fully saturated rings. The monoisotopic (exact) mass is 156 g/mol. The molecule has 0 atom stereocenters. The number of halogens is 2. The van der Waals surface area contributed by atoms with E-state index < -0.39 is 0 Å². The molecular formula is C5H15BCl2. The molecule has 0 aliphatic heterocycles. The van der Waals surface area contributed by atoms with E-state index in [2.05, 4.69) is 14.8 Å². The molecule has 3 heteroatoms. The lowest BCUT2D eigenvalue weighted by molar-refractivity contribution is 0.771. The summed E-state index contributed by atoms with van der Waals surface area (Å²) >= 11 is 0. The van der Waals surface area contributed by atoms with Crippen LogP contribution in [0, 0.1) is 0 Å². The van der Waals surface area contributed by atoms with Crippen LogP contribution in [0.2, 0.25) is 6.32 Å². The zero-order valence-electron chi connectivity index (χ0n) is 5.64. The quantitative estimate of drug-likeness (QED) is 0.434. The van der Waals surface area contributed by atoms with Crippen LogP contribution in [0.15, 0.2) is 0 Å². The van der Waals surface area contributed by atoms with Gasteiger partial charge in [-0.05, 0) is 0 Å². The fraction of sp³-hybridized carbons (Fsp3) is 1.00. The highest BCUT2D eigenvalue weighted by Crippen LogP contribution is 1.94. The molecule has 0 radical (unpaired) electrons. The fourth-order valence-corrected chi connectivity index (χ4v) is 0.500. The lowest BCUT2D eigenvalue weighted by Crippen LogP contribution is -1.69. The van der Waals surface area contributed by atoms with E-state index in [-0.39, 0.29) is 24.8 Å². The van der Waals surface area contributed by atoms with Crippen molar-refractivity contribution in [3.63, 3.8) is 0 Å². The highest BCUT2D eigenvalue weighted by atomic mass is 35.5. The summed E-state index contributed by atoms with van der Waals surface area (Å²) in [5.41, 5.74) is 0. The maximum Gasteiger partial charge on any atom is 0.101 e. The molecule has 52 valence electrons. The lowest BCUT2D eigenvalue weighted by Gasteiger charge is -1.86. The Kier molecular flexibility index (Phi) is 31.0. The van der Waals surface area contributed by atoms with Gasteiger partial charge in [-0.15, -0.1) is 24.8 Å². The van der Waals surface area contributed by atoms with Crippen molar-refractivity contribution in [3.8, 4) is 0 Å². The van der Waals surface area contributed by atoms with Crippen LogP contribution in [0.25, 0.3) is 0 Å². The van der Waals surface area contributed by atoms with Crippen molar-refractivity contribution in [3.05, 3.63) is 0 Å². The predicted octanol–water partition coefficient (Wildman–Crippen LogP) is 2.07. The Morgan fingerprint density at radius 3 is 1.75 bits per heavy atom. The summed E-state index contributed by atoms with van der Waals surface area (Å²) in [6, 6.07) is 0.